The predicted molar refractivity (Wildman–Crippen MR) is 138 cm³/mol. The maximum absolute atomic E-state index is 13.6. The molecule has 180 valence electrons. The summed E-state index contributed by atoms with van der Waals surface area (Å²) < 4.78 is 8.56. The highest BCUT2D eigenvalue weighted by Crippen LogP contribution is 2.23. The van der Waals surface area contributed by atoms with E-state index in [1.807, 2.05) is 84.3 Å². The van der Waals surface area contributed by atoms with Crippen molar-refractivity contribution in [3.05, 3.63) is 112 Å². The van der Waals surface area contributed by atoms with Gasteiger partial charge in [0, 0.05) is 16.8 Å². The van der Waals surface area contributed by atoms with Crippen LogP contribution < -0.4 is 15.6 Å². The predicted octanol–water partition coefficient (Wildman–Crippen LogP) is 4.10. The van der Waals surface area contributed by atoms with Crippen LogP contribution in [0.1, 0.15) is 16.8 Å². The van der Waals surface area contributed by atoms with Crippen LogP contribution in [0.5, 0.6) is 5.75 Å². The van der Waals surface area contributed by atoms with Crippen LogP contribution in [-0.2, 0) is 17.8 Å². The Bertz CT molecular complexity index is 1590. The first-order valence-electron chi connectivity index (χ1n) is 11.6. The second-order valence-electron chi connectivity index (χ2n) is 8.38. The zero-order valence-electron chi connectivity index (χ0n) is 20.0. The van der Waals surface area contributed by atoms with E-state index < -0.39 is 0 Å². The van der Waals surface area contributed by atoms with Gasteiger partial charge in [-0.15, -0.1) is 5.10 Å². The van der Waals surface area contributed by atoms with Crippen LogP contribution in [0.4, 0.5) is 5.69 Å². The number of hydrogen-bond acceptors (Lipinski definition) is 5. The van der Waals surface area contributed by atoms with Gasteiger partial charge in [-0.05, 0) is 24.6 Å². The van der Waals surface area contributed by atoms with E-state index in [1.165, 1.54) is 4.52 Å². The first-order valence-corrected chi connectivity index (χ1v) is 11.6. The number of nitrogens with zero attached hydrogens (tertiary/aromatic N) is 4. The van der Waals surface area contributed by atoms with E-state index in [9.17, 15) is 9.59 Å². The molecule has 0 aliphatic rings. The highest BCUT2D eigenvalue weighted by molar-refractivity contribution is 5.93. The number of rotatable bonds is 7. The van der Waals surface area contributed by atoms with Gasteiger partial charge in [0.05, 0.1) is 25.8 Å². The Morgan fingerprint density at radius 3 is 2.33 bits per heavy atom. The summed E-state index contributed by atoms with van der Waals surface area (Å²) in [5.74, 6) is 1.09. The monoisotopic (exact) mass is 479 g/mol. The van der Waals surface area contributed by atoms with Crippen molar-refractivity contribution in [2.24, 2.45) is 0 Å². The molecule has 2 aromatic heterocycles. The second kappa shape index (κ2) is 9.87. The molecule has 0 spiro atoms. The average Bonchev–Trinajstić information content (AvgIpc) is 3.36. The largest absolute Gasteiger partial charge is 0.495 e. The summed E-state index contributed by atoms with van der Waals surface area (Å²) in [5, 5.41) is 7.38. The second-order valence-corrected chi connectivity index (χ2v) is 8.38. The van der Waals surface area contributed by atoms with Crippen LogP contribution in [-0.4, -0.2) is 32.2 Å². The fourth-order valence-electron chi connectivity index (χ4n) is 4.18. The van der Waals surface area contributed by atoms with Crippen molar-refractivity contribution in [3.8, 4) is 17.1 Å². The molecule has 0 fully saturated rings. The fourth-order valence-corrected chi connectivity index (χ4v) is 4.18. The maximum Gasteiger partial charge on any atom is 0.279 e. The number of amides is 1. The van der Waals surface area contributed by atoms with Crippen molar-refractivity contribution >= 4 is 17.4 Å². The van der Waals surface area contributed by atoms with Crippen molar-refractivity contribution in [2.45, 2.75) is 19.9 Å². The molecule has 8 nitrogen and oxygen atoms in total. The van der Waals surface area contributed by atoms with Crippen LogP contribution in [0.25, 0.3) is 17.2 Å². The van der Waals surface area contributed by atoms with Crippen LogP contribution in [0.3, 0.4) is 0 Å². The molecule has 1 amide bonds. The minimum absolute atomic E-state index is 0.117. The maximum atomic E-state index is 13.6. The lowest BCUT2D eigenvalue weighted by Gasteiger charge is -2.16. The molecule has 0 aliphatic carbocycles. The summed E-state index contributed by atoms with van der Waals surface area (Å²) in [6.45, 7) is 2.32. The number of hydrogen-bond donors (Lipinski definition) is 1. The summed E-state index contributed by atoms with van der Waals surface area (Å²) in [7, 11) is 1.54. The molecule has 0 saturated heterocycles. The van der Waals surface area contributed by atoms with Gasteiger partial charge < -0.3 is 14.6 Å². The van der Waals surface area contributed by atoms with Gasteiger partial charge in [-0.1, -0.05) is 72.8 Å². The normalized spacial score (nSPS) is 10.9. The van der Waals surface area contributed by atoms with Crippen molar-refractivity contribution in [1.82, 2.24) is 19.2 Å². The first-order chi connectivity index (χ1) is 17.5. The number of carbonyl (C=O) groups is 1. The molecule has 0 unspecified atom stereocenters. The standard InChI is InChI=1S/C28H25N5O3/c1-19-22(17-25(34)29-23-15-9-10-16-24(23)36-2)27(35)33-28(32(19)18-20-11-5-3-6-12-20)30-26(31-33)21-13-7-4-8-14-21/h3-16H,17-18H2,1-2H3,(H,29,34). The van der Waals surface area contributed by atoms with Gasteiger partial charge in [0.15, 0.2) is 5.82 Å². The van der Waals surface area contributed by atoms with Crippen LogP contribution >= 0.6 is 0 Å². The van der Waals surface area contributed by atoms with E-state index in [2.05, 4.69) is 10.4 Å². The number of nitrogens with one attached hydrogen (secondary N) is 1. The minimum Gasteiger partial charge on any atom is -0.495 e. The van der Waals surface area contributed by atoms with Crippen molar-refractivity contribution in [2.75, 3.05) is 12.4 Å². The van der Waals surface area contributed by atoms with Crippen LogP contribution in [0.15, 0.2) is 89.7 Å². The van der Waals surface area contributed by atoms with Gasteiger partial charge in [-0.2, -0.15) is 9.50 Å². The molecule has 8 heteroatoms. The van der Waals surface area contributed by atoms with Gasteiger partial charge in [-0.25, -0.2) is 0 Å². The quantitative estimate of drug-likeness (QED) is 0.380. The average molecular weight is 480 g/mol. The van der Waals surface area contributed by atoms with Crippen LogP contribution in [0, 0.1) is 6.92 Å². The lowest BCUT2D eigenvalue weighted by atomic mass is 10.1. The minimum atomic E-state index is -0.364. The van der Waals surface area contributed by atoms with Gasteiger partial charge in [-0.3, -0.25) is 9.59 Å². The summed E-state index contributed by atoms with van der Waals surface area (Å²) >= 11 is 0. The third-order valence-corrected chi connectivity index (χ3v) is 6.06. The lowest BCUT2D eigenvalue weighted by Crippen LogP contribution is -2.29. The van der Waals surface area contributed by atoms with E-state index in [4.69, 9.17) is 9.72 Å². The number of benzene rings is 3. The van der Waals surface area contributed by atoms with Gasteiger partial charge in [0.25, 0.3) is 5.56 Å². The molecule has 5 aromatic rings. The Balaban J connectivity index is 1.60. The Morgan fingerprint density at radius 2 is 1.61 bits per heavy atom. The molecule has 3 aromatic carbocycles. The Morgan fingerprint density at radius 1 is 0.944 bits per heavy atom. The van der Waals surface area contributed by atoms with E-state index in [-0.39, 0.29) is 17.9 Å². The molecule has 0 atom stereocenters. The van der Waals surface area contributed by atoms with E-state index in [0.29, 0.717) is 40.8 Å². The highest BCUT2D eigenvalue weighted by atomic mass is 16.5. The first kappa shape index (κ1) is 23.0. The van der Waals surface area contributed by atoms with Gasteiger partial charge in [0.1, 0.15) is 5.75 Å². The molecule has 0 radical (unpaired) electrons. The van der Waals surface area contributed by atoms with Crippen molar-refractivity contribution in [3.63, 3.8) is 0 Å². The molecular formula is C28H25N5O3. The van der Waals surface area contributed by atoms with E-state index in [1.54, 1.807) is 19.2 Å². The van der Waals surface area contributed by atoms with E-state index >= 15 is 0 Å². The van der Waals surface area contributed by atoms with E-state index in [0.717, 1.165) is 11.1 Å². The van der Waals surface area contributed by atoms with Gasteiger partial charge >= 0.3 is 0 Å². The molecular weight excluding hydrogens is 454 g/mol. The third-order valence-electron chi connectivity index (χ3n) is 6.06. The Hall–Kier alpha value is -4.72. The smallest absolute Gasteiger partial charge is 0.279 e. The summed E-state index contributed by atoms with van der Waals surface area (Å²) in [6.07, 6.45) is -0.117. The number of methoxy groups -OCH3 is 1. The fraction of sp³-hybridized carbons (Fsp3) is 0.143. The number of aromatic nitrogens is 4. The number of ether oxygens (including phenoxy) is 1. The number of carbonyl (C=O) groups excluding carboxylic acids is 1. The topological polar surface area (TPSA) is 90.5 Å². The molecule has 0 saturated carbocycles. The Kier molecular flexibility index (Phi) is 6.32. The summed E-state index contributed by atoms with van der Waals surface area (Å²) in [4.78, 5) is 31.3. The van der Waals surface area contributed by atoms with Crippen molar-refractivity contribution in [1.29, 1.82) is 0 Å². The summed E-state index contributed by atoms with van der Waals surface area (Å²) in [5.41, 5.74) is 3.05. The lowest BCUT2D eigenvalue weighted by molar-refractivity contribution is -0.115. The number of para-hydroxylation sites is 2. The number of fused-ring (bicyclic) bond motifs is 1. The molecule has 0 bridgehead atoms. The zero-order chi connectivity index (χ0) is 25.1. The molecule has 1 N–H and O–H groups in total. The molecule has 36 heavy (non-hydrogen) atoms. The third kappa shape index (κ3) is 4.48. The molecule has 2 heterocycles. The molecule has 0 aliphatic heterocycles. The van der Waals surface area contributed by atoms with Gasteiger partial charge in [0.2, 0.25) is 11.7 Å². The number of anilines is 1. The van der Waals surface area contributed by atoms with Crippen LogP contribution in [0.2, 0.25) is 0 Å². The summed E-state index contributed by atoms with van der Waals surface area (Å²) in [6, 6.07) is 26.6. The van der Waals surface area contributed by atoms with Crippen molar-refractivity contribution < 1.29 is 9.53 Å². The Labute approximate surface area is 207 Å². The highest BCUT2D eigenvalue weighted by Gasteiger charge is 2.21. The SMILES string of the molecule is COc1ccccc1NC(=O)Cc1c(C)n(Cc2ccccc2)c2nc(-c3ccccc3)nn2c1=O. The molecule has 5 rings (SSSR count). The zero-order valence-corrected chi connectivity index (χ0v) is 20.0.